The predicted molar refractivity (Wildman–Crippen MR) is 52.9 cm³/mol. The Labute approximate surface area is 76.7 Å². The lowest BCUT2D eigenvalue weighted by molar-refractivity contribution is 0.0566. The van der Waals surface area contributed by atoms with Gasteiger partial charge >= 0.3 is 0 Å². The largest absolute Gasteiger partial charge is 0.0625 e. The highest BCUT2D eigenvalue weighted by molar-refractivity contribution is 4.87. The standard InChI is InChI=1S/C12H22/c1-8-4-11-6-9(2)10(3)12(5-8)7-11/h8-12H,4-7H2,1-3H3/t8?,9?,10-,11?,12?/m0/s1. The molecule has 4 unspecified atom stereocenters. The second-order valence-corrected chi connectivity index (χ2v) is 5.51. The summed E-state index contributed by atoms with van der Waals surface area (Å²) in [4.78, 5) is 0. The smallest absolute Gasteiger partial charge is 0.0381 e. The van der Waals surface area contributed by atoms with E-state index in [1.165, 1.54) is 19.3 Å². The van der Waals surface area contributed by atoms with Gasteiger partial charge in [-0.1, -0.05) is 20.8 Å². The molecule has 0 aromatic carbocycles. The van der Waals surface area contributed by atoms with Crippen molar-refractivity contribution in [2.24, 2.45) is 29.6 Å². The van der Waals surface area contributed by atoms with Crippen LogP contribution in [0.5, 0.6) is 0 Å². The van der Waals surface area contributed by atoms with Crippen molar-refractivity contribution in [2.75, 3.05) is 0 Å². The first-order valence-corrected chi connectivity index (χ1v) is 5.66. The molecule has 2 saturated carbocycles. The van der Waals surface area contributed by atoms with E-state index in [0.29, 0.717) is 0 Å². The zero-order chi connectivity index (χ0) is 8.72. The van der Waals surface area contributed by atoms with Gasteiger partial charge in [-0.05, 0) is 55.3 Å². The van der Waals surface area contributed by atoms with Gasteiger partial charge in [-0.3, -0.25) is 0 Å². The van der Waals surface area contributed by atoms with Crippen LogP contribution in [0, 0.1) is 29.6 Å². The van der Waals surface area contributed by atoms with Crippen molar-refractivity contribution in [1.82, 2.24) is 0 Å². The van der Waals surface area contributed by atoms with Crippen molar-refractivity contribution in [3.8, 4) is 0 Å². The Balaban J connectivity index is 2.07. The van der Waals surface area contributed by atoms with Gasteiger partial charge in [0.15, 0.2) is 0 Å². The fourth-order valence-electron chi connectivity index (χ4n) is 3.63. The topological polar surface area (TPSA) is 0 Å². The van der Waals surface area contributed by atoms with Crippen LogP contribution in [-0.4, -0.2) is 0 Å². The van der Waals surface area contributed by atoms with E-state index in [0.717, 1.165) is 29.6 Å². The van der Waals surface area contributed by atoms with Crippen molar-refractivity contribution >= 4 is 0 Å². The summed E-state index contributed by atoms with van der Waals surface area (Å²) in [7, 11) is 0. The van der Waals surface area contributed by atoms with E-state index < -0.39 is 0 Å². The van der Waals surface area contributed by atoms with E-state index in [1.807, 2.05) is 0 Å². The quantitative estimate of drug-likeness (QED) is 0.514. The van der Waals surface area contributed by atoms with Crippen LogP contribution in [0.4, 0.5) is 0 Å². The SMILES string of the molecule is CC1CC2CC(C)[C@H](C)C(C1)C2. The van der Waals surface area contributed by atoms with Crippen LogP contribution in [-0.2, 0) is 0 Å². The molecule has 0 nitrogen and oxygen atoms in total. The van der Waals surface area contributed by atoms with Crippen LogP contribution in [0.25, 0.3) is 0 Å². The molecule has 12 heavy (non-hydrogen) atoms. The van der Waals surface area contributed by atoms with Gasteiger partial charge in [0.2, 0.25) is 0 Å². The van der Waals surface area contributed by atoms with E-state index in [1.54, 1.807) is 6.42 Å². The minimum atomic E-state index is 1.00. The monoisotopic (exact) mass is 166 g/mol. The third kappa shape index (κ3) is 1.41. The lowest BCUT2D eigenvalue weighted by Crippen LogP contribution is -2.35. The highest BCUT2D eigenvalue weighted by Crippen LogP contribution is 2.47. The average molecular weight is 166 g/mol. The Morgan fingerprint density at radius 1 is 0.833 bits per heavy atom. The molecule has 0 heteroatoms. The summed E-state index contributed by atoms with van der Waals surface area (Å²) in [5.41, 5.74) is 0. The fourth-order valence-corrected chi connectivity index (χ4v) is 3.63. The van der Waals surface area contributed by atoms with E-state index in [-0.39, 0.29) is 0 Å². The molecular formula is C12H22. The normalized spacial score (nSPS) is 53.8. The lowest BCUT2D eigenvalue weighted by Gasteiger charge is -2.45. The van der Waals surface area contributed by atoms with Gasteiger partial charge in [-0.15, -0.1) is 0 Å². The van der Waals surface area contributed by atoms with Crippen LogP contribution < -0.4 is 0 Å². The Kier molecular flexibility index (Phi) is 2.18. The summed E-state index contributed by atoms with van der Waals surface area (Å²) in [6, 6.07) is 0. The first kappa shape index (κ1) is 8.59. The molecular weight excluding hydrogens is 144 g/mol. The molecule has 0 aromatic heterocycles. The molecule has 0 N–H and O–H groups in total. The zero-order valence-electron chi connectivity index (χ0n) is 8.72. The van der Waals surface area contributed by atoms with Crippen LogP contribution >= 0.6 is 0 Å². The Bertz CT molecular complexity index is 157. The van der Waals surface area contributed by atoms with E-state index >= 15 is 0 Å². The van der Waals surface area contributed by atoms with Crippen LogP contribution in [0.15, 0.2) is 0 Å². The van der Waals surface area contributed by atoms with E-state index in [2.05, 4.69) is 20.8 Å². The lowest BCUT2D eigenvalue weighted by atomic mass is 9.61. The summed E-state index contributed by atoms with van der Waals surface area (Å²) < 4.78 is 0. The maximum atomic E-state index is 2.48. The molecule has 5 atom stereocenters. The molecule has 2 rings (SSSR count). The molecule has 2 aliphatic carbocycles. The van der Waals surface area contributed by atoms with Crippen LogP contribution in [0.2, 0.25) is 0 Å². The highest BCUT2D eigenvalue weighted by Gasteiger charge is 2.37. The third-order valence-corrected chi connectivity index (χ3v) is 4.42. The molecule has 0 radical (unpaired) electrons. The molecule has 2 aliphatic rings. The van der Waals surface area contributed by atoms with Crippen molar-refractivity contribution in [3.63, 3.8) is 0 Å². The number of fused-ring (bicyclic) bond motifs is 2. The second-order valence-electron chi connectivity index (χ2n) is 5.51. The van der Waals surface area contributed by atoms with Gasteiger partial charge in [0.05, 0.1) is 0 Å². The van der Waals surface area contributed by atoms with Gasteiger partial charge in [-0.2, -0.15) is 0 Å². The zero-order valence-corrected chi connectivity index (χ0v) is 8.72. The molecule has 0 amide bonds. The first-order valence-electron chi connectivity index (χ1n) is 5.66. The fraction of sp³-hybridized carbons (Fsp3) is 1.00. The molecule has 70 valence electrons. The Hall–Kier alpha value is 0. The summed E-state index contributed by atoms with van der Waals surface area (Å²) in [5, 5.41) is 0. The van der Waals surface area contributed by atoms with Gasteiger partial charge in [0.1, 0.15) is 0 Å². The maximum Gasteiger partial charge on any atom is -0.0381 e. The van der Waals surface area contributed by atoms with E-state index in [9.17, 15) is 0 Å². The molecule has 0 aliphatic heterocycles. The first-order chi connectivity index (χ1) is 5.66. The average Bonchev–Trinajstić information content (AvgIpc) is 1.99. The number of rotatable bonds is 0. The second kappa shape index (κ2) is 3.05. The Morgan fingerprint density at radius 3 is 2.33 bits per heavy atom. The molecule has 0 saturated heterocycles. The minimum Gasteiger partial charge on any atom is -0.0625 e. The molecule has 0 spiro atoms. The molecule has 0 aromatic rings. The van der Waals surface area contributed by atoms with Gasteiger partial charge < -0.3 is 0 Å². The van der Waals surface area contributed by atoms with Gasteiger partial charge in [0.25, 0.3) is 0 Å². The molecule has 2 fully saturated rings. The summed E-state index contributed by atoms with van der Waals surface area (Å²) in [6.45, 7) is 7.38. The number of hydrogen-bond donors (Lipinski definition) is 0. The van der Waals surface area contributed by atoms with Crippen molar-refractivity contribution < 1.29 is 0 Å². The highest BCUT2D eigenvalue weighted by atomic mass is 14.4. The van der Waals surface area contributed by atoms with E-state index in [4.69, 9.17) is 0 Å². The Morgan fingerprint density at radius 2 is 1.58 bits per heavy atom. The predicted octanol–water partition coefficient (Wildman–Crippen LogP) is 3.71. The third-order valence-electron chi connectivity index (χ3n) is 4.42. The van der Waals surface area contributed by atoms with Crippen molar-refractivity contribution in [1.29, 1.82) is 0 Å². The molecule has 0 heterocycles. The summed E-state index contributed by atoms with van der Waals surface area (Å²) in [5.74, 6) is 5.18. The van der Waals surface area contributed by atoms with Crippen molar-refractivity contribution in [2.45, 2.75) is 46.5 Å². The maximum absolute atomic E-state index is 2.48. The van der Waals surface area contributed by atoms with Crippen LogP contribution in [0.1, 0.15) is 46.5 Å². The van der Waals surface area contributed by atoms with Crippen LogP contribution in [0.3, 0.4) is 0 Å². The van der Waals surface area contributed by atoms with Crippen molar-refractivity contribution in [3.05, 3.63) is 0 Å². The summed E-state index contributed by atoms with van der Waals surface area (Å²) >= 11 is 0. The van der Waals surface area contributed by atoms with Gasteiger partial charge in [0, 0.05) is 0 Å². The van der Waals surface area contributed by atoms with Gasteiger partial charge in [-0.25, -0.2) is 0 Å². The number of hydrogen-bond acceptors (Lipinski definition) is 0. The summed E-state index contributed by atoms with van der Waals surface area (Å²) in [6.07, 6.45) is 6.10. The molecule has 2 bridgehead atoms. The minimum absolute atomic E-state index is 1.00.